The molecule has 1 aromatic carbocycles. The smallest absolute Gasteiger partial charge is 0.0406 e. The molecule has 0 saturated carbocycles. The third kappa shape index (κ3) is 3.82. The van der Waals surface area contributed by atoms with Gasteiger partial charge in [-0.1, -0.05) is 30.7 Å². The zero-order valence-corrected chi connectivity index (χ0v) is 13.2. The number of hydrogen-bond acceptors (Lipinski definition) is 2. The molecule has 19 heavy (non-hydrogen) atoms. The van der Waals surface area contributed by atoms with Crippen LogP contribution in [0.5, 0.6) is 0 Å². The van der Waals surface area contributed by atoms with Crippen molar-refractivity contribution in [2.75, 3.05) is 0 Å². The molecule has 0 fully saturated rings. The Labute approximate surface area is 124 Å². The Bertz CT molecular complexity index is 518. The molecule has 0 saturated heterocycles. The van der Waals surface area contributed by atoms with E-state index in [1.165, 1.54) is 15.3 Å². The fourth-order valence-electron chi connectivity index (χ4n) is 2.21. The average Bonchev–Trinajstić information content (AvgIpc) is 2.84. The lowest BCUT2D eigenvalue weighted by Crippen LogP contribution is -2.23. The van der Waals surface area contributed by atoms with Crippen molar-refractivity contribution in [3.05, 3.63) is 56.7 Å². The molecule has 1 heterocycles. The van der Waals surface area contributed by atoms with Gasteiger partial charge in [-0.2, -0.15) is 0 Å². The predicted molar refractivity (Wildman–Crippen MR) is 85.1 cm³/mol. The Morgan fingerprint density at radius 3 is 2.37 bits per heavy atom. The van der Waals surface area contributed by atoms with Crippen LogP contribution in [0.2, 0.25) is 5.02 Å². The van der Waals surface area contributed by atoms with Crippen LogP contribution in [0.3, 0.4) is 0 Å². The van der Waals surface area contributed by atoms with Gasteiger partial charge in [0, 0.05) is 26.9 Å². The highest BCUT2D eigenvalue weighted by molar-refractivity contribution is 7.12. The van der Waals surface area contributed by atoms with Gasteiger partial charge in [-0.15, -0.1) is 11.3 Å². The van der Waals surface area contributed by atoms with Crippen LogP contribution in [0.4, 0.5) is 0 Å². The summed E-state index contributed by atoms with van der Waals surface area (Å²) in [4.78, 5) is 2.76. The molecule has 0 aliphatic rings. The van der Waals surface area contributed by atoms with Gasteiger partial charge in [0.05, 0.1) is 0 Å². The maximum Gasteiger partial charge on any atom is 0.0406 e. The molecule has 0 bridgehead atoms. The summed E-state index contributed by atoms with van der Waals surface area (Å²) in [5.41, 5.74) is 1.30. The second kappa shape index (κ2) is 6.56. The van der Waals surface area contributed by atoms with Gasteiger partial charge >= 0.3 is 0 Å². The summed E-state index contributed by atoms with van der Waals surface area (Å²) in [6, 6.07) is 13.3. The molecule has 1 N–H and O–H groups in total. The van der Waals surface area contributed by atoms with Gasteiger partial charge in [0.1, 0.15) is 0 Å². The molecular formula is C16H20ClNS. The summed E-state index contributed by atoms with van der Waals surface area (Å²) < 4.78 is 0. The molecule has 0 amide bonds. The van der Waals surface area contributed by atoms with Gasteiger partial charge in [0.25, 0.3) is 0 Å². The molecule has 0 aliphatic carbocycles. The summed E-state index contributed by atoms with van der Waals surface area (Å²) in [5, 5.41) is 4.49. The van der Waals surface area contributed by atoms with E-state index in [0.717, 1.165) is 11.4 Å². The standard InChI is InChI=1S/C16H20ClNS/c1-4-15(13-6-8-14(17)9-7-13)18-12(3)16-10-5-11(2)19-16/h5-10,12,15,18H,4H2,1-3H3. The Morgan fingerprint density at radius 2 is 1.84 bits per heavy atom. The Morgan fingerprint density at radius 1 is 1.16 bits per heavy atom. The minimum atomic E-state index is 0.370. The molecule has 2 atom stereocenters. The predicted octanol–water partition coefficient (Wildman–Crippen LogP) is 5.51. The third-order valence-electron chi connectivity index (χ3n) is 3.32. The number of nitrogens with one attached hydrogen (secondary N) is 1. The highest BCUT2D eigenvalue weighted by atomic mass is 35.5. The van der Waals surface area contributed by atoms with Crippen molar-refractivity contribution < 1.29 is 0 Å². The van der Waals surface area contributed by atoms with E-state index in [1.807, 2.05) is 23.5 Å². The number of benzene rings is 1. The van der Waals surface area contributed by atoms with Crippen molar-refractivity contribution in [1.29, 1.82) is 0 Å². The van der Waals surface area contributed by atoms with Gasteiger partial charge in [-0.05, 0) is 50.1 Å². The Balaban J connectivity index is 2.08. The SMILES string of the molecule is CCC(NC(C)c1ccc(C)s1)c1ccc(Cl)cc1. The molecule has 0 aliphatic heterocycles. The first-order valence-corrected chi connectivity index (χ1v) is 7.87. The maximum atomic E-state index is 5.95. The van der Waals surface area contributed by atoms with E-state index in [9.17, 15) is 0 Å². The molecule has 1 aromatic heterocycles. The molecule has 3 heteroatoms. The van der Waals surface area contributed by atoms with Crippen LogP contribution in [-0.4, -0.2) is 0 Å². The fourth-order valence-corrected chi connectivity index (χ4v) is 3.23. The summed E-state index contributed by atoms with van der Waals surface area (Å²) >= 11 is 7.81. The van der Waals surface area contributed by atoms with E-state index >= 15 is 0 Å². The Kier molecular flexibility index (Phi) is 5.03. The molecule has 0 spiro atoms. The first-order chi connectivity index (χ1) is 9.10. The van der Waals surface area contributed by atoms with Gasteiger partial charge in [-0.25, -0.2) is 0 Å². The van der Waals surface area contributed by atoms with Gasteiger partial charge in [0.15, 0.2) is 0 Å². The van der Waals surface area contributed by atoms with Gasteiger partial charge < -0.3 is 5.32 Å². The van der Waals surface area contributed by atoms with Crippen molar-refractivity contribution in [1.82, 2.24) is 5.32 Å². The van der Waals surface area contributed by atoms with Gasteiger partial charge in [-0.3, -0.25) is 0 Å². The monoisotopic (exact) mass is 293 g/mol. The molecule has 102 valence electrons. The molecule has 2 aromatic rings. The molecule has 2 unspecified atom stereocenters. The van der Waals surface area contributed by atoms with E-state index < -0.39 is 0 Å². The molecule has 1 nitrogen and oxygen atoms in total. The van der Waals surface area contributed by atoms with Crippen LogP contribution in [0.1, 0.15) is 47.7 Å². The van der Waals surface area contributed by atoms with E-state index in [0.29, 0.717) is 12.1 Å². The van der Waals surface area contributed by atoms with Crippen molar-refractivity contribution in [2.24, 2.45) is 0 Å². The number of rotatable bonds is 5. The van der Waals surface area contributed by atoms with Crippen LogP contribution >= 0.6 is 22.9 Å². The highest BCUT2D eigenvalue weighted by Crippen LogP contribution is 2.27. The zero-order valence-electron chi connectivity index (χ0n) is 11.6. The molecule has 0 radical (unpaired) electrons. The average molecular weight is 294 g/mol. The van der Waals surface area contributed by atoms with Crippen LogP contribution < -0.4 is 5.32 Å². The number of halogens is 1. The largest absolute Gasteiger partial charge is 0.303 e. The minimum absolute atomic E-state index is 0.370. The second-order valence-corrected chi connectivity index (χ2v) is 6.61. The van der Waals surface area contributed by atoms with Crippen molar-refractivity contribution >= 4 is 22.9 Å². The van der Waals surface area contributed by atoms with Crippen LogP contribution in [-0.2, 0) is 0 Å². The lowest BCUT2D eigenvalue weighted by atomic mass is 10.0. The van der Waals surface area contributed by atoms with Crippen LogP contribution in [0.25, 0.3) is 0 Å². The number of aryl methyl sites for hydroxylation is 1. The summed E-state index contributed by atoms with van der Waals surface area (Å²) in [7, 11) is 0. The zero-order chi connectivity index (χ0) is 13.8. The summed E-state index contributed by atoms with van der Waals surface area (Å²) in [6.07, 6.45) is 1.07. The summed E-state index contributed by atoms with van der Waals surface area (Å²) in [5.74, 6) is 0. The first-order valence-electron chi connectivity index (χ1n) is 6.68. The van der Waals surface area contributed by atoms with E-state index in [2.05, 4.69) is 50.4 Å². The normalized spacial score (nSPS) is 14.3. The second-order valence-electron chi connectivity index (χ2n) is 4.85. The Hall–Kier alpha value is -0.830. The quantitative estimate of drug-likeness (QED) is 0.766. The van der Waals surface area contributed by atoms with Gasteiger partial charge in [0.2, 0.25) is 0 Å². The summed E-state index contributed by atoms with van der Waals surface area (Å²) in [6.45, 7) is 6.58. The lowest BCUT2D eigenvalue weighted by Gasteiger charge is -2.22. The fraction of sp³-hybridized carbons (Fsp3) is 0.375. The number of thiophene rings is 1. The van der Waals surface area contributed by atoms with E-state index in [-0.39, 0.29) is 0 Å². The lowest BCUT2D eigenvalue weighted by molar-refractivity contribution is 0.460. The van der Waals surface area contributed by atoms with Crippen LogP contribution in [0.15, 0.2) is 36.4 Å². The highest BCUT2D eigenvalue weighted by Gasteiger charge is 2.14. The van der Waals surface area contributed by atoms with Crippen LogP contribution in [0, 0.1) is 6.92 Å². The number of hydrogen-bond donors (Lipinski definition) is 1. The van der Waals surface area contributed by atoms with Crippen molar-refractivity contribution in [3.8, 4) is 0 Å². The molecular weight excluding hydrogens is 274 g/mol. The molecule has 2 rings (SSSR count). The van der Waals surface area contributed by atoms with Crippen molar-refractivity contribution in [2.45, 2.75) is 39.3 Å². The van der Waals surface area contributed by atoms with E-state index in [4.69, 9.17) is 11.6 Å². The third-order valence-corrected chi connectivity index (χ3v) is 4.76. The van der Waals surface area contributed by atoms with Crippen molar-refractivity contribution in [3.63, 3.8) is 0 Å². The first kappa shape index (κ1) is 14.6. The maximum absolute atomic E-state index is 5.95. The van der Waals surface area contributed by atoms with E-state index in [1.54, 1.807) is 0 Å². The topological polar surface area (TPSA) is 12.0 Å². The minimum Gasteiger partial charge on any atom is -0.303 e.